The van der Waals surface area contributed by atoms with Crippen LogP contribution in [0.2, 0.25) is 0 Å². The second kappa shape index (κ2) is 5.79. The van der Waals surface area contributed by atoms with Crippen molar-refractivity contribution in [2.75, 3.05) is 5.32 Å². The molecular formula is C12H11N5O3. The molecule has 0 aliphatic carbocycles. The van der Waals surface area contributed by atoms with Crippen molar-refractivity contribution in [1.29, 1.82) is 5.26 Å². The number of pyridine rings is 1. The topological polar surface area (TPSA) is 118 Å². The number of aromatic nitrogens is 2. The van der Waals surface area contributed by atoms with Crippen molar-refractivity contribution in [3.8, 4) is 6.07 Å². The summed E-state index contributed by atoms with van der Waals surface area (Å²) in [5.41, 5.74) is -0.127. The second-order valence-electron chi connectivity index (χ2n) is 3.89. The van der Waals surface area contributed by atoms with E-state index in [1.165, 1.54) is 6.07 Å². The third-order valence-corrected chi connectivity index (χ3v) is 2.56. The minimum Gasteiger partial charge on any atom is -0.444 e. The molecule has 0 saturated carbocycles. The molecule has 0 radical (unpaired) electrons. The molecule has 0 unspecified atom stereocenters. The first-order chi connectivity index (χ1) is 9.63. The summed E-state index contributed by atoms with van der Waals surface area (Å²) in [5.74, 6) is 1.49. The van der Waals surface area contributed by atoms with Gasteiger partial charge in [-0.05, 0) is 0 Å². The van der Waals surface area contributed by atoms with Crippen LogP contribution in [0.4, 0.5) is 11.5 Å². The molecule has 8 heteroatoms. The van der Waals surface area contributed by atoms with Crippen LogP contribution >= 0.6 is 0 Å². The lowest BCUT2D eigenvalue weighted by Crippen LogP contribution is -2.04. The van der Waals surface area contributed by atoms with Gasteiger partial charge in [0.2, 0.25) is 5.89 Å². The van der Waals surface area contributed by atoms with Crippen molar-refractivity contribution < 1.29 is 9.34 Å². The van der Waals surface area contributed by atoms with Gasteiger partial charge in [0.25, 0.3) is 5.69 Å². The number of anilines is 1. The summed E-state index contributed by atoms with van der Waals surface area (Å²) < 4.78 is 5.40. The van der Waals surface area contributed by atoms with Crippen LogP contribution in [0, 0.1) is 21.4 Å². The third-order valence-electron chi connectivity index (χ3n) is 2.56. The second-order valence-corrected chi connectivity index (χ2v) is 3.89. The Labute approximate surface area is 114 Å². The number of oxazole rings is 1. The number of nitriles is 1. The third kappa shape index (κ3) is 2.89. The summed E-state index contributed by atoms with van der Waals surface area (Å²) in [6.45, 7) is 2.20. The van der Waals surface area contributed by atoms with E-state index in [1.54, 1.807) is 6.20 Å². The number of hydrogen-bond acceptors (Lipinski definition) is 7. The average molecular weight is 273 g/mol. The van der Waals surface area contributed by atoms with Crippen LogP contribution in [-0.4, -0.2) is 14.9 Å². The fourth-order valence-corrected chi connectivity index (χ4v) is 1.53. The van der Waals surface area contributed by atoms with Gasteiger partial charge in [-0.25, -0.2) is 9.97 Å². The highest BCUT2D eigenvalue weighted by Gasteiger charge is 2.12. The zero-order chi connectivity index (χ0) is 14.5. The smallest absolute Gasteiger partial charge is 0.289 e. The summed E-state index contributed by atoms with van der Waals surface area (Å²) >= 11 is 0. The molecule has 20 heavy (non-hydrogen) atoms. The molecule has 0 saturated heterocycles. The standard InChI is InChI=1S/C12H11N5O3/c1-2-10-6-14-11(20-10)7-16-12-8(4-13)3-9(5-15-12)17(18)19/h3,5-6H,2,7H2,1H3,(H,15,16). The number of hydrogen-bond donors (Lipinski definition) is 1. The van der Waals surface area contributed by atoms with Crippen LogP contribution in [0.3, 0.4) is 0 Å². The maximum absolute atomic E-state index is 10.6. The van der Waals surface area contributed by atoms with Gasteiger partial charge in [0, 0.05) is 12.5 Å². The van der Waals surface area contributed by atoms with Crippen LogP contribution in [0.25, 0.3) is 0 Å². The molecule has 0 aliphatic heterocycles. The lowest BCUT2D eigenvalue weighted by molar-refractivity contribution is -0.385. The molecular weight excluding hydrogens is 262 g/mol. The Morgan fingerprint density at radius 2 is 2.30 bits per heavy atom. The van der Waals surface area contributed by atoms with Crippen molar-refractivity contribution in [1.82, 2.24) is 9.97 Å². The lowest BCUT2D eigenvalue weighted by atomic mass is 10.2. The molecule has 1 N–H and O–H groups in total. The van der Waals surface area contributed by atoms with Crippen LogP contribution < -0.4 is 5.32 Å². The van der Waals surface area contributed by atoms with E-state index >= 15 is 0 Å². The van der Waals surface area contributed by atoms with Crippen molar-refractivity contribution in [3.63, 3.8) is 0 Å². The maximum Gasteiger partial charge on any atom is 0.289 e. The SMILES string of the molecule is CCc1cnc(CNc2ncc([N+](=O)[O-])cc2C#N)o1. The largest absolute Gasteiger partial charge is 0.444 e. The Hall–Kier alpha value is -2.95. The van der Waals surface area contributed by atoms with Crippen LogP contribution in [0.5, 0.6) is 0 Å². The fraction of sp³-hybridized carbons (Fsp3) is 0.250. The summed E-state index contributed by atoms with van der Waals surface area (Å²) in [4.78, 5) is 17.9. The molecule has 8 nitrogen and oxygen atoms in total. The monoisotopic (exact) mass is 273 g/mol. The van der Waals surface area contributed by atoms with E-state index in [2.05, 4.69) is 15.3 Å². The van der Waals surface area contributed by atoms with Gasteiger partial charge >= 0.3 is 0 Å². The van der Waals surface area contributed by atoms with E-state index in [0.717, 1.165) is 18.4 Å². The van der Waals surface area contributed by atoms with Crippen molar-refractivity contribution in [3.05, 3.63) is 45.8 Å². The number of rotatable bonds is 5. The predicted molar refractivity (Wildman–Crippen MR) is 68.8 cm³/mol. The molecule has 0 atom stereocenters. The first kappa shape index (κ1) is 13.5. The number of nitrogens with zero attached hydrogens (tertiary/aromatic N) is 4. The Morgan fingerprint density at radius 1 is 1.50 bits per heavy atom. The van der Waals surface area contributed by atoms with Gasteiger partial charge in [-0.2, -0.15) is 5.26 Å². The van der Waals surface area contributed by atoms with E-state index < -0.39 is 4.92 Å². The molecule has 0 amide bonds. The lowest BCUT2D eigenvalue weighted by Gasteiger charge is -2.04. The molecule has 2 heterocycles. The predicted octanol–water partition coefficient (Wildman–Crippen LogP) is 2.02. The molecule has 0 fully saturated rings. The van der Waals surface area contributed by atoms with Crippen molar-refractivity contribution in [2.24, 2.45) is 0 Å². The number of nitro groups is 1. The molecule has 0 aromatic carbocycles. The molecule has 0 aliphatic rings. The van der Waals surface area contributed by atoms with E-state index in [0.29, 0.717) is 5.89 Å². The van der Waals surface area contributed by atoms with E-state index in [4.69, 9.17) is 9.68 Å². The minimum atomic E-state index is -0.598. The van der Waals surface area contributed by atoms with Gasteiger partial charge in [-0.15, -0.1) is 0 Å². The quantitative estimate of drug-likeness (QED) is 0.653. The summed E-state index contributed by atoms with van der Waals surface area (Å²) in [7, 11) is 0. The van der Waals surface area contributed by atoms with Gasteiger partial charge < -0.3 is 9.73 Å². The fourth-order valence-electron chi connectivity index (χ4n) is 1.53. The van der Waals surface area contributed by atoms with Gasteiger partial charge in [0.1, 0.15) is 29.4 Å². The molecule has 2 aromatic rings. The molecule has 0 spiro atoms. The zero-order valence-electron chi connectivity index (χ0n) is 10.7. The van der Waals surface area contributed by atoms with Gasteiger partial charge in [-0.3, -0.25) is 10.1 Å². The minimum absolute atomic E-state index is 0.0986. The normalized spacial score (nSPS) is 10.0. The Kier molecular flexibility index (Phi) is 3.91. The molecule has 2 rings (SSSR count). The van der Waals surface area contributed by atoms with Crippen LogP contribution in [-0.2, 0) is 13.0 Å². The van der Waals surface area contributed by atoms with Crippen LogP contribution in [0.15, 0.2) is 22.9 Å². The number of aryl methyl sites for hydroxylation is 1. The van der Waals surface area contributed by atoms with E-state index in [9.17, 15) is 10.1 Å². The van der Waals surface area contributed by atoms with E-state index in [-0.39, 0.29) is 23.6 Å². The summed E-state index contributed by atoms with van der Waals surface area (Å²) in [6, 6.07) is 3.03. The van der Waals surface area contributed by atoms with Gasteiger partial charge in [0.05, 0.1) is 17.7 Å². The first-order valence-corrected chi connectivity index (χ1v) is 5.86. The van der Waals surface area contributed by atoms with Crippen molar-refractivity contribution in [2.45, 2.75) is 19.9 Å². The Balaban J connectivity index is 2.13. The zero-order valence-corrected chi connectivity index (χ0v) is 10.7. The maximum atomic E-state index is 10.6. The van der Waals surface area contributed by atoms with E-state index in [1.807, 2.05) is 13.0 Å². The van der Waals surface area contributed by atoms with Crippen LogP contribution in [0.1, 0.15) is 24.1 Å². The Morgan fingerprint density at radius 3 is 2.90 bits per heavy atom. The van der Waals surface area contributed by atoms with Gasteiger partial charge in [0.15, 0.2) is 0 Å². The highest BCUT2D eigenvalue weighted by molar-refractivity contribution is 5.55. The Bertz CT molecular complexity index is 674. The highest BCUT2D eigenvalue weighted by atomic mass is 16.6. The molecule has 0 bridgehead atoms. The number of nitrogens with one attached hydrogen (secondary N) is 1. The van der Waals surface area contributed by atoms with Crippen molar-refractivity contribution >= 4 is 11.5 Å². The van der Waals surface area contributed by atoms with Gasteiger partial charge in [-0.1, -0.05) is 6.92 Å². The summed E-state index contributed by atoms with van der Waals surface area (Å²) in [6.07, 6.45) is 3.47. The first-order valence-electron chi connectivity index (χ1n) is 5.86. The highest BCUT2D eigenvalue weighted by Crippen LogP contribution is 2.18. The summed E-state index contributed by atoms with van der Waals surface area (Å²) in [5, 5.41) is 22.5. The molecule has 2 aromatic heterocycles. The molecule has 102 valence electrons. The average Bonchev–Trinajstić information content (AvgIpc) is 2.92.